The van der Waals surface area contributed by atoms with Gasteiger partial charge in [0.1, 0.15) is 6.10 Å². The summed E-state index contributed by atoms with van der Waals surface area (Å²) in [6.07, 6.45) is -4.98. The molecule has 2 atom stereocenters. The Labute approximate surface area is 65.9 Å². The third-order valence-corrected chi connectivity index (χ3v) is 1.21. The lowest BCUT2D eigenvalue weighted by atomic mass is 10.1. The van der Waals surface area contributed by atoms with E-state index in [-0.39, 0.29) is 0 Å². The number of alkyl halides is 2. The monoisotopic (exact) mass is 186 g/mol. The average molecular weight is 186 g/mol. The van der Waals surface area contributed by atoms with Crippen LogP contribution in [0.1, 0.15) is 0 Å². The highest BCUT2D eigenvalue weighted by Crippen LogP contribution is 2.21. The summed E-state index contributed by atoms with van der Waals surface area (Å²) >= 11 is 0. The first-order chi connectivity index (χ1) is 5.34. The van der Waals surface area contributed by atoms with E-state index in [1.165, 1.54) is 0 Å². The summed E-state index contributed by atoms with van der Waals surface area (Å²) in [6.45, 7) is -1.13. The third kappa shape index (κ3) is 2.10. The molecule has 0 aromatic carbocycles. The van der Waals surface area contributed by atoms with Crippen LogP contribution in [0, 0.1) is 0 Å². The van der Waals surface area contributed by atoms with E-state index >= 15 is 0 Å². The van der Waals surface area contributed by atoms with Gasteiger partial charge in [-0.3, -0.25) is 0 Å². The van der Waals surface area contributed by atoms with E-state index in [1.807, 2.05) is 0 Å². The molecule has 7 heteroatoms. The van der Waals surface area contributed by atoms with Crippen molar-refractivity contribution < 1.29 is 34.0 Å². The van der Waals surface area contributed by atoms with E-state index < -0.39 is 30.7 Å². The minimum Gasteiger partial charge on any atom is -0.477 e. The topological polar surface area (TPSA) is 98.0 Å². The summed E-state index contributed by atoms with van der Waals surface area (Å²) in [6, 6.07) is 0. The van der Waals surface area contributed by atoms with Gasteiger partial charge in [0.05, 0.1) is 6.61 Å². The van der Waals surface area contributed by atoms with Gasteiger partial charge in [-0.25, -0.2) is 4.79 Å². The molecule has 4 N–H and O–H groups in total. The van der Waals surface area contributed by atoms with Gasteiger partial charge in [-0.1, -0.05) is 0 Å². The molecular weight excluding hydrogens is 178 g/mol. The number of aliphatic carboxylic acids is 1. The number of hydrogen-bond acceptors (Lipinski definition) is 4. The van der Waals surface area contributed by atoms with Crippen LogP contribution < -0.4 is 0 Å². The molecule has 0 aliphatic heterocycles. The van der Waals surface area contributed by atoms with Gasteiger partial charge in [0.25, 0.3) is 0 Å². The first kappa shape index (κ1) is 11.2. The standard InChI is InChI=1S/C5H8F2O5/c6-5(7,4(11)12)3(10)2(9)1-8/h2-3,8-10H,1H2,(H,11,12). The van der Waals surface area contributed by atoms with E-state index in [0.29, 0.717) is 0 Å². The maximum Gasteiger partial charge on any atom is 0.377 e. The molecule has 0 rings (SSSR count). The fourth-order valence-electron chi connectivity index (χ4n) is 0.468. The largest absolute Gasteiger partial charge is 0.477 e. The molecule has 0 aromatic heterocycles. The van der Waals surface area contributed by atoms with Gasteiger partial charge < -0.3 is 20.4 Å². The molecule has 72 valence electrons. The molecule has 0 bridgehead atoms. The van der Waals surface area contributed by atoms with Crippen molar-refractivity contribution in [2.45, 2.75) is 18.1 Å². The molecule has 5 nitrogen and oxygen atoms in total. The maximum atomic E-state index is 12.3. The molecule has 0 aromatic rings. The van der Waals surface area contributed by atoms with Gasteiger partial charge in [0, 0.05) is 0 Å². The van der Waals surface area contributed by atoms with Crippen LogP contribution in [0.2, 0.25) is 0 Å². The molecular formula is C5H8F2O5. The van der Waals surface area contributed by atoms with E-state index in [9.17, 15) is 13.6 Å². The van der Waals surface area contributed by atoms with Gasteiger partial charge in [-0.2, -0.15) is 8.78 Å². The summed E-state index contributed by atoms with van der Waals surface area (Å²) in [5.74, 6) is -7.01. The molecule has 2 unspecified atom stereocenters. The smallest absolute Gasteiger partial charge is 0.377 e. The number of aliphatic hydroxyl groups excluding tert-OH is 3. The minimum absolute atomic E-state index is 1.13. The van der Waals surface area contributed by atoms with Crippen molar-refractivity contribution in [3.8, 4) is 0 Å². The highest BCUT2D eigenvalue weighted by Gasteiger charge is 2.49. The van der Waals surface area contributed by atoms with Crippen LogP contribution >= 0.6 is 0 Å². The number of rotatable bonds is 4. The SMILES string of the molecule is O=C(O)C(F)(F)C(O)C(O)CO. The van der Waals surface area contributed by atoms with Gasteiger partial charge >= 0.3 is 11.9 Å². The maximum absolute atomic E-state index is 12.3. The molecule has 12 heavy (non-hydrogen) atoms. The predicted molar refractivity (Wildman–Crippen MR) is 31.7 cm³/mol. The lowest BCUT2D eigenvalue weighted by molar-refractivity contribution is -0.196. The Morgan fingerprint density at radius 2 is 1.83 bits per heavy atom. The Morgan fingerprint density at radius 3 is 2.08 bits per heavy atom. The summed E-state index contributed by atoms with van der Waals surface area (Å²) in [4.78, 5) is 9.78. The number of halogens is 2. The van der Waals surface area contributed by atoms with Crippen LogP contribution in [0.15, 0.2) is 0 Å². The molecule has 0 radical (unpaired) electrons. The lowest BCUT2D eigenvalue weighted by Crippen LogP contribution is -2.49. The second kappa shape index (κ2) is 3.74. The Kier molecular flexibility index (Phi) is 3.50. The Bertz CT molecular complexity index is 171. The van der Waals surface area contributed by atoms with Gasteiger partial charge in [-0.15, -0.1) is 0 Å². The zero-order valence-corrected chi connectivity index (χ0v) is 5.81. The van der Waals surface area contributed by atoms with Gasteiger partial charge in [0.2, 0.25) is 0 Å². The summed E-state index contributed by atoms with van der Waals surface area (Å²) < 4.78 is 24.5. The van der Waals surface area contributed by atoms with Crippen LogP contribution in [0.5, 0.6) is 0 Å². The van der Waals surface area contributed by atoms with Crippen molar-refractivity contribution in [2.75, 3.05) is 6.61 Å². The highest BCUT2D eigenvalue weighted by molar-refractivity contribution is 5.76. The second-order valence-corrected chi connectivity index (χ2v) is 2.12. The van der Waals surface area contributed by atoms with Crippen molar-refractivity contribution >= 4 is 5.97 Å². The Balaban J connectivity index is 4.44. The lowest BCUT2D eigenvalue weighted by Gasteiger charge is -2.21. The number of aliphatic hydroxyl groups is 3. The van der Waals surface area contributed by atoms with Crippen LogP contribution in [0.3, 0.4) is 0 Å². The van der Waals surface area contributed by atoms with Crippen molar-refractivity contribution in [1.29, 1.82) is 0 Å². The molecule has 0 heterocycles. The van der Waals surface area contributed by atoms with Crippen molar-refractivity contribution in [3.63, 3.8) is 0 Å². The van der Waals surface area contributed by atoms with E-state index in [0.717, 1.165) is 0 Å². The van der Waals surface area contributed by atoms with Crippen LogP contribution in [-0.4, -0.2) is 51.1 Å². The fraction of sp³-hybridized carbons (Fsp3) is 0.800. The van der Waals surface area contributed by atoms with E-state index in [1.54, 1.807) is 0 Å². The molecule has 0 aliphatic carbocycles. The van der Waals surface area contributed by atoms with Crippen molar-refractivity contribution in [1.82, 2.24) is 0 Å². The van der Waals surface area contributed by atoms with E-state index in [2.05, 4.69) is 0 Å². The van der Waals surface area contributed by atoms with Crippen LogP contribution in [-0.2, 0) is 4.79 Å². The normalized spacial score (nSPS) is 17.1. The first-order valence-electron chi connectivity index (χ1n) is 2.92. The fourth-order valence-corrected chi connectivity index (χ4v) is 0.468. The molecule has 0 amide bonds. The highest BCUT2D eigenvalue weighted by atomic mass is 19.3. The predicted octanol–water partition coefficient (Wildman–Crippen LogP) is -1.58. The molecule has 0 aliphatic rings. The van der Waals surface area contributed by atoms with Gasteiger partial charge in [0.15, 0.2) is 6.10 Å². The molecule has 0 spiro atoms. The zero-order chi connectivity index (χ0) is 9.94. The van der Waals surface area contributed by atoms with E-state index in [4.69, 9.17) is 20.4 Å². The quantitative estimate of drug-likeness (QED) is 0.424. The summed E-state index contributed by atoms with van der Waals surface area (Å²) in [5, 5.41) is 32.9. The number of hydrogen-bond donors (Lipinski definition) is 4. The zero-order valence-electron chi connectivity index (χ0n) is 5.81. The van der Waals surface area contributed by atoms with Crippen molar-refractivity contribution in [2.24, 2.45) is 0 Å². The molecule has 0 saturated heterocycles. The number of carboxylic acid groups (broad SMARTS) is 1. The summed E-state index contributed by atoms with van der Waals surface area (Å²) in [7, 11) is 0. The van der Waals surface area contributed by atoms with Gasteiger partial charge in [-0.05, 0) is 0 Å². The number of carboxylic acids is 1. The summed E-state index contributed by atoms with van der Waals surface area (Å²) in [5.41, 5.74) is 0. The van der Waals surface area contributed by atoms with Crippen LogP contribution in [0.25, 0.3) is 0 Å². The Morgan fingerprint density at radius 1 is 1.42 bits per heavy atom. The number of carbonyl (C=O) groups is 1. The average Bonchev–Trinajstić information content (AvgIpc) is 2.01. The van der Waals surface area contributed by atoms with Crippen LogP contribution in [0.4, 0.5) is 8.78 Å². The minimum atomic E-state index is -4.46. The second-order valence-electron chi connectivity index (χ2n) is 2.12. The third-order valence-electron chi connectivity index (χ3n) is 1.21. The molecule has 0 fully saturated rings. The first-order valence-corrected chi connectivity index (χ1v) is 2.92. The van der Waals surface area contributed by atoms with Crippen molar-refractivity contribution in [3.05, 3.63) is 0 Å². The molecule has 0 saturated carbocycles. The Hall–Kier alpha value is -0.790.